The second-order valence-electron chi connectivity index (χ2n) is 6.08. The molecule has 2 N–H and O–H groups in total. The molecule has 0 aliphatic heterocycles. The fraction of sp³-hybridized carbons (Fsp3) is 0.316. The molecule has 0 bridgehead atoms. The standard InChI is InChI=1S/C19H21FN2O2/c1-24-17-5-2-4-16(12-17)22-18(23)13-21-19(10-3-11-19)14-6-8-15(20)9-7-14/h2,4-9,12,21H,3,10-11,13H2,1H3,(H,22,23). The van der Waals surface area contributed by atoms with E-state index in [1.165, 1.54) is 12.1 Å². The van der Waals surface area contributed by atoms with E-state index in [1.54, 1.807) is 25.3 Å². The van der Waals surface area contributed by atoms with Gasteiger partial charge < -0.3 is 10.1 Å². The number of nitrogens with one attached hydrogen (secondary N) is 2. The summed E-state index contributed by atoms with van der Waals surface area (Å²) in [5.41, 5.74) is 1.51. The van der Waals surface area contributed by atoms with Crippen LogP contribution >= 0.6 is 0 Å². The van der Waals surface area contributed by atoms with Gasteiger partial charge in [0.25, 0.3) is 0 Å². The Kier molecular flexibility index (Phi) is 4.81. The maximum atomic E-state index is 13.1. The van der Waals surface area contributed by atoms with Crippen molar-refractivity contribution in [3.8, 4) is 5.75 Å². The average molecular weight is 328 g/mol. The highest BCUT2D eigenvalue weighted by Gasteiger charge is 2.38. The highest BCUT2D eigenvalue weighted by molar-refractivity contribution is 5.92. The Morgan fingerprint density at radius 3 is 2.58 bits per heavy atom. The lowest BCUT2D eigenvalue weighted by molar-refractivity contribution is -0.116. The van der Waals surface area contributed by atoms with E-state index < -0.39 is 0 Å². The molecule has 0 radical (unpaired) electrons. The lowest BCUT2D eigenvalue weighted by Gasteiger charge is -2.43. The molecule has 1 fully saturated rings. The molecule has 0 atom stereocenters. The molecule has 4 nitrogen and oxygen atoms in total. The van der Waals surface area contributed by atoms with Crippen molar-refractivity contribution in [2.45, 2.75) is 24.8 Å². The van der Waals surface area contributed by atoms with E-state index in [4.69, 9.17) is 4.74 Å². The summed E-state index contributed by atoms with van der Waals surface area (Å²) in [6.45, 7) is 0.203. The van der Waals surface area contributed by atoms with E-state index in [2.05, 4.69) is 10.6 Å². The number of carbonyl (C=O) groups is 1. The molecule has 2 aromatic carbocycles. The fourth-order valence-corrected chi connectivity index (χ4v) is 3.02. The lowest BCUT2D eigenvalue weighted by Crippen LogP contribution is -2.50. The topological polar surface area (TPSA) is 50.4 Å². The van der Waals surface area contributed by atoms with Crippen LogP contribution in [0.25, 0.3) is 0 Å². The highest BCUT2D eigenvalue weighted by atomic mass is 19.1. The van der Waals surface area contributed by atoms with Gasteiger partial charge in [-0.05, 0) is 49.1 Å². The minimum Gasteiger partial charge on any atom is -0.497 e. The molecule has 1 amide bonds. The van der Waals surface area contributed by atoms with Gasteiger partial charge in [-0.3, -0.25) is 10.1 Å². The Balaban J connectivity index is 1.61. The van der Waals surface area contributed by atoms with Crippen LogP contribution in [0.3, 0.4) is 0 Å². The number of hydrogen-bond donors (Lipinski definition) is 2. The normalized spacial score (nSPS) is 15.4. The third kappa shape index (κ3) is 3.57. The van der Waals surface area contributed by atoms with Crippen LogP contribution in [-0.2, 0) is 10.3 Å². The van der Waals surface area contributed by atoms with E-state index in [0.717, 1.165) is 24.8 Å². The smallest absolute Gasteiger partial charge is 0.238 e. The molecule has 24 heavy (non-hydrogen) atoms. The van der Waals surface area contributed by atoms with Gasteiger partial charge in [0.2, 0.25) is 5.91 Å². The van der Waals surface area contributed by atoms with Crippen molar-refractivity contribution in [3.05, 3.63) is 59.9 Å². The molecule has 5 heteroatoms. The summed E-state index contributed by atoms with van der Waals surface area (Å²) in [5, 5.41) is 6.21. The van der Waals surface area contributed by atoms with Crippen LogP contribution in [0, 0.1) is 5.82 Å². The number of methoxy groups -OCH3 is 1. The van der Waals surface area contributed by atoms with Crippen molar-refractivity contribution in [2.75, 3.05) is 19.0 Å². The van der Waals surface area contributed by atoms with E-state index >= 15 is 0 Å². The minimum absolute atomic E-state index is 0.114. The van der Waals surface area contributed by atoms with Crippen molar-refractivity contribution in [2.24, 2.45) is 0 Å². The van der Waals surface area contributed by atoms with Gasteiger partial charge in [-0.25, -0.2) is 4.39 Å². The minimum atomic E-state index is -0.246. The van der Waals surface area contributed by atoms with E-state index in [9.17, 15) is 9.18 Å². The SMILES string of the molecule is COc1cccc(NC(=O)CNC2(c3ccc(F)cc3)CCC2)c1. The molecule has 2 aromatic rings. The van der Waals surface area contributed by atoms with Crippen LogP contribution in [0.4, 0.5) is 10.1 Å². The zero-order chi connectivity index (χ0) is 17.0. The number of hydrogen-bond acceptors (Lipinski definition) is 3. The molecular formula is C19H21FN2O2. The average Bonchev–Trinajstić information content (AvgIpc) is 2.55. The number of anilines is 1. The van der Waals surface area contributed by atoms with Gasteiger partial charge >= 0.3 is 0 Å². The van der Waals surface area contributed by atoms with Crippen LogP contribution in [0.15, 0.2) is 48.5 Å². The van der Waals surface area contributed by atoms with Crippen molar-refractivity contribution in [1.29, 1.82) is 0 Å². The summed E-state index contributed by atoms with van der Waals surface area (Å²) in [5.74, 6) is 0.336. The Labute approximate surface area is 141 Å². The summed E-state index contributed by atoms with van der Waals surface area (Å²) in [7, 11) is 1.59. The maximum absolute atomic E-state index is 13.1. The van der Waals surface area contributed by atoms with Crippen LogP contribution in [0.2, 0.25) is 0 Å². The van der Waals surface area contributed by atoms with Crippen LogP contribution in [0.5, 0.6) is 5.75 Å². The second kappa shape index (κ2) is 7.01. The first-order valence-electron chi connectivity index (χ1n) is 8.06. The zero-order valence-corrected chi connectivity index (χ0v) is 13.6. The van der Waals surface area contributed by atoms with Gasteiger partial charge in [0, 0.05) is 17.3 Å². The predicted molar refractivity (Wildman–Crippen MR) is 91.6 cm³/mol. The van der Waals surface area contributed by atoms with Crippen molar-refractivity contribution < 1.29 is 13.9 Å². The van der Waals surface area contributed by atoms with E-state index in [-0.39, 0.29) is 23.8 Å². The first-order valence-corrected chi connectivity index (χ1v) is 8.06. The number of halogens is 1. The lowest BCUT2D eigenvalue weighted by atomic mass is 9.72. The highest BCUT2D eigenvalue weighted by Crippen LogP contribution is 2.41. The quantitative estimate of drug-likeness (QED) is 0.854. The van der Waals surface area contributed by atoms with E-state index in [0.29, 0.717) is 11.4 Å². The number of carbonyl (C=O) groups excluding carboxylic acids is 1. The van der Waals surface area contributed by atoms with Crippen LogP contribution < -0.4 is 15.4 Å². The molecule has 1 aliphatic rings. The molecule has 3 rings (SSSR count). The van der Waals surface area contributed by atoms with E-state index in [1.807, 2.05) is 18.2 Å². The predicted octanol–water partition coefficient (Wildman–Crippen LogP) is 3.44. The number of amides is 1. The first-order chi connectivity index (χ1) is 11.6. The monoisotopic (exact) mass is 328 g/mol. The number of rotatable bonds is 6. The Morgan fingerprint density at radius 2 is 1.96 bits per heavy atom. The van der Waals surface area contributed by atoms with Gasteiger partial charge in [0.05, 0.1) is 13.7 Å². The van der Waals surface area contributed by atoms with Crippen molar-refractivity contribution in [3.63, 3.8) is 0 Å². The van der Waals surface area contributed by atoms with Gasteiger partial charge in [-0.15, -0.1) is 0 Å². The van der Waals surface area contributed by atoms with Gasteiger partial charge in [0.1, 0.15) is 11.6 Å². The Morgan fingerprint density at radius 1 is 1.21 bits per heavy atom. The molecule has 0 unspecified atom stereocenters. The molecule has 0 aromatic heterocycles. The molecule has 126 valence electrons. The van der Waals surface area contributed by atoms with Gasteiger partial charge in [-0.2, -0.15) is 0 Å². The summed E-state index contributed by atoms with van der Waals surface area (Å²) in [4.78, 5) is 12.2. The van der Waals surface area contributed by atoms with Crippen LogP contribution in [-0.4, -0.2) is 19.6 Å². The summed E-state index contributed by atoms with van der Waals surface area (Å²) < 4.78 is 18.3. The molecule has 0 spiro atoms. The summed E-state index contributed by atoms with van der Waals surface area (Å²) >= 11 is 0. The second-order valence-corrected chi connectivity index (χ2v) is 6.08. The fourth-order valence-electron chi connectivity index (χ4n) is 3.02. The van der Waals surface area contributed by atoms with Gasteiger partial charge in [0.15, 0.2) is 0 Å². The van der Waals surface area contributed by atoms with Crippen molar-refractivity contribution >= 4 is 11.6 Å². The molecule has 1 saturated carbocycles. The first kappa shape index (κ1) is 16.5. The molecule has 0 heterocycles. The number of benzene rings is 2. The third-order valence-corrected chi connectivity index (χ3v) is 4.54. The number of ether oxygens (including phenoxy) is 1. The maximum Gasteiger partial charge on any atom is 0.238 e. The van der Waals surface area contributed by atoms with Gasteiger partial charge in [-0.1, -0.05) is 18.2 Å². The molecule has 1 aliphatic carbocycles. The third-order valence-electron chi connectivity index (χ3n) is 4.54. The summed E-state index contributed by atoms with van der Waals surface area (Å²) in [6, 6.07) is 13.8. The Hall–Kier alpha value is -2.40. The van der Waals surface area contributed by atoms with Crippen LogP contribution in [0.1, 0.15) is 24.8 Å². The Bertz CT molecular complexity index is 712. The largest absolute Gasteiger partial charge is 0.497 e. The summed E-state index contributed by atoms with van der Waals surface area (Å²) in [6.07, 6.45) is 3.00. The molecule has 0 saturated heterocycles. The molecular weight excluding hydrogens is 307 g/mol. The zero-order valence-electron chi connectivity index (χ0n) is 13.6. The van der Waals surface area contributed by atoms with Crippen molar-refractivity contribution in [1.82, 2.24) is 5.32 Å².